The second-order valence-corrected chi connectivity index (χ2v) is 10.1. The Morgan fingerprint density at radius 3 is 2.02 bits per heavy atom. The quantitative estimate of drug-likeness (QED) is 0.0475. The van der Waals surface area contributed by atoms with Gasteiger partial charge in [-0.3, -0.25) is 0 Å². The number of nitrogen functional groups attached to an aromatic ring is 2. The second kappa shape index (κ2) is 17.3. The van der Waals surface area contributed by atoms with Gasteiger partial charge >= 0.3 is 24.1 Å². The molecule has 0 spiro atoms. The summed E-state index contributed by atoms with van der Waals surface area (Å²) in [6.45, 7) is 0.534. The lowest BCUT2D eigenvalue weighted by atomic mass is 10.1. The molecule has 0 aliphatic rings. The summed E-state index contributed by atoms with van der Waals surface area (Å²) in [4.78, 5) is 35.5. The van der Waals surface area contributed by atoms with Crippen molar-refractivity contribution in [2.24, 2.45) is 0 Å². The Labute approximate surface area is 263 Å². The normalized spacial score (nSPS) is 11.3. The maximum atomic E-state index is 12.4. The fraction of sp³-hybridized carbons (Fsp3) is 0.303. The Hall–Kier alpha value is -5.20. The number of anilines is 2. The van der Waals surface area contributed by atoms with Crippen LogP contribution < -0.4 is 25.7 Å². The summed E-state index contributed by atoms with van der Waals surface area (Å²) in [7, 11) is 0. The zero-order valence-electron chi connectivity index (χ0n) is 24.9. The molecule has 3 rings (SSSR count). The third kappa shape index (κ3) is 12.1. The van der Waals surface area contributed by atoms with Crippen LogP contribution in [0.3, 0.4) is 0 Å². The van der Waals surface area contributed by atoms with E-state index >= 15 is 0 Å². The SMILES string of the molecule is Nc1c(OCCCCCCOC(=O)C=Cc2ccc(OC(=O)c3ccc(OCCCC(F)(F)F)cc3)cc2)ccc(C(=O)O)c1N. The number of unbranched alkanes of at least 4 members (excludes halogenated alkanes) is 3. The molecule has 0 aliphatic carbocycles. The summed E-state index contributed by atoms with van der Waals surface area (Å²) in [6.07, 6.45) is 0.561. The summed E-state index contributed by atoms with van der Waals surface area (Å²) in [5.41, 5.74) is 12.5. The minimum absolute atomic E-state index is 0.0295. The molecule has 0 saturated carbocycles. The van der Waals surface area contributed by atoms with Gasteiger partial charge < -0.3 is 35.5 Å². The van der Waals surface area contributed by atoms with E-state index in [1.54, 1.807) is 30.3 Å². The van der Waals surface area contributed by atoms with Gasteiger partial charge in [0.2, 0.25) is 0 Å². The van der Waals surface area contributed by atoms with Crippen LogP contribution in [-0.2, 0) is 9.53 Å². The number of benzene rings is 3. The monoisotopic (exact) mass is 644 g/mol. The molecule has 0 fully saturated rings. The first-order chi connectivity index (χ1) is 21.9. The molecule has 3 aromatic carbocycles. The number of hydrogen-bond donors (Lipinski definition) is 3. The zero-order valence-corrected chi connectivity index (χ0v) is 24.9. The van der Waals surface area contributed by atoms with Crippen molar-refractivity contribution < 1.29 is 51.6 Å². The summed E-state index contributed by atoms with van der Waals surface area (Å²) >= 11 is 0. The van der Waals surface area contributed by atoms with Crippen LogP contribution in [0.5, 0.6) is 17.2 Å². The summed E-state index contributed by atoms with van der Waals surface area (Å²) in [6, 6.07) is 15.2. The molecule has 0 aromatic heterocycles. The van der Waals surface area contributed by atoms with E-state index in [-0.39, 0.29) is 47.9 Å². The Morgan fingerprint density at radius 2 is 1.37 bits per heavy atom. The van der Waals surface area contributed by atoms with E-state index in [9.17, 15) is 27.6 Å². The van der Waals surface area contributed by atoms with Crippen LogP contribution in [0.2, 0.25) is 0 Å². The van der Waals surface area contributed by atoms with Crippen molar-refractivity contribution in [3.05, 3.63) is 83.4 Å². The summed E-state index contributed by atoms with van der Waals surface area (Å²) in [5.74, 6) is -1.32. The van der Waals surface area contributed by atoms with Gasteiger partial charge in [0.15, 0.2) is 0 Å². The highest BCUT2D eigenvalue weighted by atomic mass is 19.4. The maximum absolute atomic E-state index is 12.4. The topological polar surface area (TPSA) is 160 Å². The fourth-order valence-electron chi connectivity index (χ4n) is 4.02. The van der Waals surface area contributed by atoms with Gasteiger partial charge in [-0.15, -0.1) is 0 Å². The standard InChI is InChI=1S/C33H35F3N2O8/c34-33(35,36)18-5-21-43-24-13-9-23(10-14-24)32(42)46-25-11-6-22(7-12-25)8-17-28(39)45-20-4-2-1-3-19-44-27-16-15-26(31(40)41)29(37)30(27)38/h6-17H,1-5,18-21,37-38H2,(H,40,41). The van der Waals surface area contributed by atoms with E-state index in [4.69, 9.17) is 35.5 Å². The number of rotatable bonds is 17. The number of carbonyl (C=O) groups is 3. The molecule has 0 radical (unpaired) electrons. The highest BCUT2D eigenvalue weighted by molar-refractivity contribution is 5.98. The van der Waals surface area contributed by atoms with Gasteiger partial charge in [-0.05, 0) is 92.3 Å². The predicted octanol–water partition coefficient (Wildman–Crippen LogP) is 6.69. The van der Waals surface area contributed by atoms with Crippen LogP contribution >= 0.6 is 0 Å². The van der Waals surface area contributed by atoms with E-state index in [0.717, 1.165) is 19.3 Å². The molecule has 0 amide bonds. The highest BCUT2D eigenvalue weighted by Gasteiger charge is 2.26. The van der Waals surface area contributed by atoms with Gasteiger partial charge in [-0.25, -0.2) is 14.4 Å². The number of alkyl halides is 3. The van der Waals surface area contributed by atoms with Crippen molar-refractivity contribution in [1.29, 1.82) is 0 Å². The number of hydrogen-bond acceptors (Lipinski definition) is 9. The van der Waals surface area contributed by atoms with Crippen LogP contribution in [0, 0.1) is 0 Å². The Bertz CT molecular complexity index is 1490. The molecule has 10 nitrogen and oxygen atoms in total. The molecule has 13 heteroatoms. The second-order valence-electron chi connectivity index (χ2n) is 10.1. The Balaban J connectivity index is 1.29. The van der Waals surface area contributed by atoms with Gasteiger partial charge in [0.25, 0.3) is 0 Å². The molecule has 5 N–H and O–H groups in total. The van der Waals surface area contributed by atoms with Crippen molar-refractivity contribution in [3.63, 3.8) is 0 Å². The van der Waals surface area contributed by atoms with E-state index in [1.165, 1.54) is 42.5 Å². The first kappa shape index (κ1) is 35.3. The smallest absolute Gasteiger partial charge is 0.389 e. The molecule has 0 saturated heterocycles. The summed E-state index contributed by atoms with van der Waals surface area (Å²) < 4.78 is 58.0. The molecule has 246 valence electrons. The van der Waals surface area contributed by atoms with Gasteiger partial charge in [0.1, 0.15) is 17.2 Å². The van der Waals surface area contributed by atoms with Gasteiger partial charge in [0, 0.05) is 12.5 Å². The minimum Gasteiger partial charge on any atom is -0.494 e. The molecule has 0 unspecified atom stereocenters. The minimum atomic E-state index is -4.23. The lowest BCUT2D eigenvalue weighted by Gasteiger charge is -2.12. The molecule has 46 heavy (non-hydrogen) atoms. The van der Waals surface area contributed by atoms with E-state index in [1.807, 2.05) is 0 Å². The zero-order chi connectivity index (χ0) is 33.5. The molecular weight excluding hydrogens is 609 g/mol. The van der Waals surface area contributed by atoms with E-state index in [0.29, 0.717) is 30.1 Å². The number of carbonyl (C=O) groups excluding carboxylic acids is 2. The maximum Gasteiger partial charge on any atom is 0.389 e. The molecule has 0 bridgehead atoms. The van der Waals surface area contributed by atoms with Crippen LogP contribution in [0.25, 0.3) is 6.08 Å². The Morgan fingerprint density at radius 1 is 0.739 bits per heavy atom. The first-order valence-corrected chi connectivity index (χ1v) is 14.4. The molecule has 0 heterocycles. The van der Waals surface area contributed by atoms with Crippen molar-refractivity contribution in [3.8, 4) is 17.2 Å². The number of ether oxygens (including phenoxy) is 4. The molecule has 0 aliphatic heterocycles. The summed E-state index contributed by atoms with van der Waals surface area (Å²) in [5, 5.41) is 9.07. The number of nitrogens with two attached hydrogens (primary N) is 2. The number of esters is 2. The van der Waals surface area contributed by atoms with Crippen LogP contribution in [0.1, 0.15) is 64.8 Å². The van der Waals surface area contributed by atoms with E-state index < -0.39 is 30.5 Å². The third-order valence-electron chi connectivity index (χ3n) is 6.48. The van der Waals surface area contributed by atoms with Crippen LogP contribution in [-0.4, -0.2) is 49.0 Å². The van der Waals surface area contributed by atoms with Crippen molar-refractivity contribution >= 4 is 35.4 Å². The van der Waals surface area contributed by atoms with Gasteiger partial charge in [-0.1, -0.05) is 12.1 Å². The van der Waals surface area contributed by atoms with Crippen molar-refractivity contribution in [2.75, 3.05) is 31.3 Å². The molecule has 3 aromatic rings. The number of aromatic carboxylic acids is 1. The van der Waals surface area contributed by atoms with Gasteiger partial charge in [0.05, 0.1) is 42.3 Å². The average molecular weight is 645 g/mol. The van der Waals surface area contributed by atoms with Crippen LogP contribution in [0.4, 0.5) is 24.5 Å². The van der Waals surface area contributed by atoms with E-state index in [2.05, 4.69) is 0 Å². The molecular formula is C33H35F3N2O8. The fourth-order valence-corrected chi connectivity index (χ4v) is 4.02. The number of carboxylic acid groups (broad SMARTS) is 1. The number of carboxylic acids is 1. The van der Waals surface area contributed by atoms with Crippen molar-refractivity contribution in [2.45, 2.75) is 44.7 Å². The largest absolute Gasteiger partial charge is 0.494 e. The van der Waals surface area contributed by atoms with Gasteiger partial charge in [-0.2, -0.15) is 13.2 Å². The Kier molecular flexibility index (Phi) is 13.3. The first-order valence-electron chi connectivity index (χ1n) is 14.4. The predicted molar refractivity (Wildman–Crippen MR) is 165 cm³/mol. The number of halogens is 3. The van der Waals surface area contributed by atoms with Crippen LogP contribution in [0.15, 0.2) is 66.7 Å². The lowest BCUT2D eigenvalue weighted by Crippen LogP contribution is -2.10. The highest BCUT2D eigenvalue weighted by Crippen LogP contribution is 2.31. The lowest BCUT2D eigenvalue weighted by molar-refractivity contribution is -0.138. The average Bonchev–Trinajstić information content (AvgIpc) is 3.02. The molecule has 0 atom stereocenters. The third-order valence-corrected chi connectivity index (χ3v) is 6.48. The van der Waals surface area contributed by atoms with Crippen molar-refractivity contribution in [1.82, 2.24) is 0 Å².